The predicted molar refractivity (Wildman–Crippen MR) is 79.6 cm³/mol. The Morgan fingerprint density at radius 1 is 1.56 bits per heavy atom. The van der Waals surface area contributed by atoms with Gasteiger partial charge in [0, 0.05) is 41.0 Å². The molecule has 2 N–H and O–H groups in total. The van der Waals surface area contributed by atoms with Gasteiger partial charge < -0.3 is 10.6 Å². The third-order valence-electron chi connectivity index (χ3n) is 3.38. The fourth-order valence-electron chi connectivity index (χ4n) is 2.25. The summed E-state index contributed by atoms with van der Waals surface area (Å²) in [6.45, 7) is 5.90. The highest BCUT2D eigenvalue weighted by molar-refractivity contribution is 8.00. The van der Waals surface area contributed by atoms with E-state index in [-0.39, 0.29) is 5.78 Å². The highest BCUT2D eigenvalue weighted by Crippen LogP contribution is 2.28. The lowest BCUT2D eigenvalue weighted by atomic mass is 10.1. The molecular formula is C14H20N2OS. The lowest BCUT2D eigenvalue weighted by Crippen LogP contribution is -2.37. The van der Waals surface area contributed by atoms with E-state index < -0.39 is 0 Å². The van der Waals surface area contributed by atoms with Crippen molar-refractivity contribution in [1.29, 1.82) is 0 Å². The molecule has 4 heteroatoms. The van der Waals surface area contributed by atoms with Crippen LogP contribution in [0.5, 0.6) is 0 Å². The van der Waals surface area contributed by atoms with E-state index >= 15 is 0 Å². The van der Waals surface area contributed by atoms with Crippen molar-refractivity contribution in [1.82, 2.24) is 0 Å². The van der Waals surface area contributed by atoms with Crippen LogP contribution in [0.1, 0.15) is 30.6 Å². The molecule has 0 aromatic heterocycles. The Kier molecular flexibility index (Phi) is 4.17. The van der Waals surface area contributed by atoms with Crippen LogP contribution in [0.15, 0.2) is 18.2 Å². The van der Waals surface area contributed by atoms with Gasteiger partial charge in [-0.25, -0.2) is 0 Å². The Balaban J connectivity index is 2.22. The molecule has 3 nitrogen and oxygen atoms in total. The minimum Gasteiger partial charge on any atom is -0.398 e. The molecule has 0 amide bonds. The van der Waals surface area contributed by atoms with E-state index in [1.54, 1.807) is 6.92 Å². The van der Waals surface area contributed by atoms with E-state index in [0.29, 0.717) is 16.5 Å². The number of benzene rings is 1. The summed E-state index contributed by atoms with van der Waals surface area (Å²) in [4.78, 5) is 13.9. The van der Waals surface area contributed by atoms with Crippen molar-refractivity contribution < 1.29 is 4.79 Å². The van der Waals surface area contributed by atoms with E-state index in [9.17, 15) is 4.79 Å². The molecule has 0 saturated carbocycles. The maximum atomic E-state index is 11.5. The smallest absolute Gasteiger partial charge is 0.161 e. The number of nitrogens with zero attached hydrogens (tertiary/aromatic N) is 1. The highest BCUT2D eigenvalue weighted by Gasteiger charge is 2.20. The summed E-state index contributed by atoms with van der Waals surface area (Å²) in [5.41, 5.74) is 8.16. The lowest BCUT2D eigenvalue weighted by Gasteiger charge is -2.34. The van der Waals surface area contributed by atoms with Crippen LogP contribution in [0.2, 0.25) is 0 Å². The molecule has 1 aliphatic heterocycles. The number of hydrogen-bond donors (Lipinski definition) is 1. The average molecular weight is 264 g/mol. The first-order chi connectivity index (χ1) is 8.61. The summed E-state index contributed by atoms with van der Waals surface area (Å²) < 4.78 is 0. The third-order valence-corrected chi connectivity index (χ3v) is 4.75. The molecular weight excluding hydrogens is 244 g/mol. The molecule has 1 fully saturated rings. The molecule has 1 atom stereocenters. The van der Waals surface area contributed by atoms with E-state index in [2.05, 4.69) is 11.8 Å². The van der Waals surface area contributed by atoms with Gasteiger partial charge in [0.2, 0.25) is 0 Å². The summed E-state index contributed by atoms with van der Waals surface area (Å²) in [6, 6.07) is 5.79. The number of nitrogen functional groups attached to an aromatic ring is 1. The summed E-state index contributed by atoms with van der Waals surface area (Å²) in [5.74, 6) is 1.19. The first-order valence-electron chi connectivity index (χ1n) is 6.38. The number of carbonyl (C=O) groups is 1. The van der Waals surface area contributed by atoms with Crippen molar-refractivity contribution in [2.75, 3.05) is 29.5 Å². The zero-order valence-corrected chi connectivity index (χ0v) is 11.8. The normalized spacial score (nSPS) is 19.9. The minimum absolute atomic E-state index is 0.0350. The number of Topliss-reactive ketones (excluding diaryl/α,β-unsaturated/α-hetero) is 1. The topological polar surface area (TPSA) is 46.3 Å². The Bertz CT molecular complexity index is 447. The van der Waals surface area contributed by atoms with E-state index in [0.717, 1.165) is 24.5 Å². The number of carbonyl (C=O) groups excluding carboxylic acids is 1. The number of thioether (sulfide) groups is 1. The molecule has 1 aromatic carbocycles. The Labute approximate surface area is 113 Å². The van der Waals surface area contributed by atoms with Crippen LogP contribution in [0.4, 0.5) is 11.4 Å². The molecule has 1 aliphatic rings. The first-order valence-corrected chi connectivity index (χ1v) is 7.43. The highest BCUT2D eigenvalue weighted by atomic mass is 32.2. The lowest BCUT2D eigenvalue weighted by molar-refractivity contribution is 0.101. The molecule has 1 aromatic rings. The average Bonchev–Trinajstić information content (AvgIpc) is 2.39. The number of nitrogens with two attached hydrogens (primary N) is 1. The molecule has 2 rings (SSSR count). The zero-order chi connectivity index (χ0) is 13.1. The van der Waals surface area contributed by atoms with Crippen LogP contribution in [0, 0.1) is 0 Å². The van der Waals surface area contributed by atoms with Crippen molar-refractivity contribution in [2.24, 2.45) is 0 Å². The Morgan fingerprint density at radius 2 is 2.33 bits per heavy atom. The van der Waals surface area contributed by atoms with Crippen LogP contribution < -0.4 is 10.6 Å². The van der Waals surface area contributed by atoms with Crippen LogP contribution in [-0.4, -0.2) is 29.9 Å². The number of rotatable bonds is 3. The molecule has 1 saturated heterocycles. The Hall–Kier alpha value is -1.16. The van der Waals surface area contributed by atoms with Crippen LogP contribution in [-0.2, 0) is 0 Å². The van der Waals surface area contributed by atoms with Gasteiger partial charge in [0.05, 0.1) is 0 Å². The standard InChI is InChI=1S/C14H20N2OS/c1-3-12-9-16(6-7-18-12)11-4-5-14(15)13(8-11)10(2)17/h4-5,8,12H,3,6-7,9,15H2,1-2H3. The van der Waals surface area contributed by atoms with E-state index in [4.69, 9.17) is 5.73 Å². The summed E-state index contributed by atoms with van der Waals surface area (Å²) >= 11 is 2.04. The molecule has 0 bridgehead atoms. The molecule has 0 spiro atoms. The van der Waals surface area contributed by atoms with E-state index in [1.807, 2.05) is 30.0 Å². The molecule has 18 heavy (non-hydrogen) atoms. The van der Waals surface area contributed by atoms with Crippen molar-refractivity contribution in [3.8, 4) is 0 Å². The van der Waals surface area contributed by atoms with Crippen molar-refractivity contribution >= 4 is 28.9 Å². The van der Waals surface area contributed by atoms with Crippen molar-refractivity contribution in [3.63, 3.8) is 0 Å². The van der Waals surface area contributed by atoms with Crippen molar-refractivity contribution in [2.45, 2.75) is 25.5 Å². The summed E-state index contributed by atoms with van der Waals surface area (Å²) in [6.07, 6.45) is 1.19. The van der Waals surface area contributed by atoms with Gasteiger partial charge in [-0.05, 0) is 31.5 Å². The third kappa shape index (κ3) is 2.80. The maximum Gasteiger partial charge on any atom is 0.161 e. The molecule has 1 heterocycles. The molecule has 0 aliphatic carbocycles. The van der Waals surface area contributed by atoms with Gasteiger partial charge in [0.25, 0.3) is 0 Å². The monoisotopic (exact) mass is 264 g/mol. The fourth-order valence-corrected chi connectivity index (χ4v) is 3.43. The van der Waals surface area contributed by atoms with Gasteiger partial charge in [-0.2, -0.15) is 11.8 Å². The largest absolute Gasteiger partial charge is 0.398 e. The molecule has 1 unspecified atom stereocenters. The number of anilines is 2. The zero-order valence-electron chi connectivity index (χ0n) is 11.0. The first kappa shape index (κ1) is 13.3. The Morgan fingerprint density at radius 3 is 3.00 bits per heavy atom. The van der Waals surface area contributed by atoms with Gasteiger partial charge in [0.15, 0.2) is 5.78 Å². The second-order valence-corrected chi connectivity index (χ2v) is 6.08. The number of hydrogen-bond acceptors (Lipinski definition) is 4. The summed E-state index contributed by atoms with van der Waals surface area (Å²) in [7, 11) is 0. The SMILES string of the molecule is CCC1CN(c2ccc(N)c(C(C)=O)c2)CCS1. The van der Waals surface area contributed by atoms with Gasteiger partial charge in [0.1, 0.15) is 0 Å². The molecule has 0 radical (unpaired) electrons. The second-order valence-electron chi connectivity index (χ2n) is 4.67. The van der Waals surface area contributed by atoms with Crippen LogP contribution >= 0.6 is 11.8 Å². The fraction of sp³-hybridized carbons (Fsp3) is 0.500. The molecule has 98 valence electrons. The second kappa shape index (κ2) is 5.65. The maximum absolute atomic E-state index is 11.5. The summed E-state index contributed by atoms with van der Waals surface area (Å²) in [5, 5.41) is 0.692. The minimum atomic E-state index is 0.0350. The van der Waals surface area contributed by atoms with Gasteiger partial charge in [-0.15, -0.1) is 0 Å². The van der Waals surface area contributed by atoms with Gasteiger partial charge in [-0.3, -0.25) is 4.79 Å². The quantitative estimate of drug-likeness (QED) is 0.673. The number of ketones is 1. The predicted octanol–water partition coefficient (Wildman–Crippen LogP) is 2.80. The van der Waals surface area contributed by atoms with Crippen molar-refractivity contribution in [3.05, 3.63) is 23.8 Å². The van der Waals surface area contributed by atoms with E-state index in [1.165, 1.54) is 6.42 Å². The van der Waals surface area contributed by atoms with Gasteiger partial charge in [-0.1, -0.05) is 6.92 Å². The van der Waals surface area contributed by atoms with Crippen LogP contribution in [0.3, 0.4) is 0 Å². The van der Waals surface area contributed by atoms with Crippen LogP contribution in [0.25, 0.3) is 0 Å². The van der Waals surface area contributed by atoms with Gasteiger partial charge >= 0.3 is 0 Å².